The Hall–Kier alpha value is -1.56. The van der Waals surface area contributed by atoms with Crippen LogP contribution in [0.1, 0.15) is 25.8 Å². The number of rotatable bonds is 6. The summed E-state index contributed by atoms with van der Waals surface area (Å²) >= 11 is 0. The Balaban J connectivity index is 1.92. The van der Waals surface area contributed by atoms with Crippen LogP contribution in [0.4, 0.5) is 0 Å². The topological polar surface area (TPSA) is 63.7 Å². The van der Waals surface area contributed by atoms with Crippen molar-refractivity contribution in [2.45, 2.75) is 32.7 Å². The molecule has 0 aliphatic carbocycles. The van der Waals surface area contributed by atoms with Gasteiger partial charge in [-0.15, -0.1) is 0 Å². The first kappa shape index (κ1) is 16.8. The average Bonchev–Trinajstić information content (AvgIpc) is 2.86. The predicted octanol–water partition coefficient (Wildman–Crippen LogP) is 1.66. The Bertz CT molecular complexity index is 610. The second-order valence-electron chi connectivity index (χ2n) is 5.52. The van der Waals surface area contributed by atoms with Gasteiger partial charge in [-0.05, 0) is 37.5 Å². The molecule has 0 spiro atoms. The standard InChI is InChI=1S/C16H23NO4S/c1-3-13-5-7-15(8-6-13)21-11-16(18)17(4-2)14-9-10-22(19,20)12-14/h5-8,14H,3-4,9-12H2,1-2H3. The van der Waals surface area contributed by atoms with E-state index >= 15 is 0 Å². The number of benzene rings is 1. The third kappa shape index (κ3) is 4.22. The Labute approximate surface area is 132 Å². The molecule has 1 heterocycles. The summed E-state index contributed by atoms with van der Waals surface area (Å²) in [5, 5.41) is 0. The summed E-state index contributed by atoms with van der Waals surface area (Å²) < 4.78 is 28.6. The van der Waals surface area contributed by atoms with Crippen molar-refractivity contribution in [3.8, 4) is 5.75 Å². The van der Waals surface area contributed by atoms with Crippen LogP contribution < -0.4 is 4.74 Å². The maximum Gasteiger partial charge on any atom is 0.260 e. The lowest BCUT2D eigenvalue weighted by atomic mass is 10.2. The maximum absolute atomic E-state index is 12.3. The molecule has 0 bridgehead atoms. The van der Waals surface area contributed by atoms with Gasteiger partial charge in [-0.2, -0.15) is 0 Å². The van der Waals surface area contributed by atoms with Crippen molar-refractivity contribution in [2.24, 2.45) is 0 Å². The van der Waals surface area contributed by atoms with Gasteiger partial charge in [-0.3, -0.25) is 4.79 Å². The van der Waals surface area contributed by atoms with Crippen molar-refractivity contribution in [2.75, 3.05) is 24.7 Å². The predicted molar refractivity (Wildman–Crippen MR) is 85.8 cm³/mol. The number of likely N-dealkylation sites (N-methyl/N-ethyl adjacent to an activating group) is 1. The van der Waals surface area contributed by atoms with E-state index in [1.165, 1.54) is 5.56 Å². The molecule has 1 saturated heterocycles. The summed E-state index contributed by atoms with van der Waals surface area (Å²) in [5.74, 6) is 0.725. The van der Waals surface area contributed by atoms with Gasteiger partial charge < -0.3 is 9.64 Å². The normalized spacial score (nSPS) is 19.8. The number of ether oxygens (including phenoxy) is 1. The van der Waals surface area contributed by atoms with Crippen LogP contribution in [0.25, 0.3) is 0 Å². The molecule has 0 N–H and O–H groups in total. The van der Waals surface area contributed by atoms with E-state index in [9.17, 15) is 13.2 Å². The Morgan fingerprint density at radius 3 is 2.45 bits per heavy atom. The Kier molecular flexibility index (Phi) is 5.45. The van der Waals surface area contributed by atoms with Crippen molar-refractivity contribution >= 4 is 15.7 Å². The molecule has 1 unspecified atom stereocenters. The van der Waals surface area contributed by atoms with Gasteiger partial charge in [0.1, 0.15) is 5.75 Å². The highest BCUT2D eigenvalue weighted by molar-refractivity contribution is 7.91. The highest BCUT2D eigenvalue weighted by atomic mass is 32.2. The van der Waals surface area contributed by atoms with E-state index in [-0.39, 0.29) is 30.1 Å². The summed E-state index contributed by atoms with van der Waals surface area (Å²) in [6, 6.07) is 7.43. The van der Waals surface area contributed by atoms with E-state index < -0.39 is 9.84 Å². The molecule has 1 atom stereocenters. The number of carbonyl (C=O) groups is 1. The Morgan fingerprint density at radius 2 is 1.95 bits per heavy atom. The Morgan fingerprint density at radius 1 is 1.27 bits per heavy atom. The molecule has 1 aliphatic heterocycles. The van der Waals surface area contributed by atoms with Gasteiger partial charge >= 0.3 is 0 Å². The molecule has 1 fully saturated rings. The first-order valence-electron chi connectivity index (χ1n) is 7.66. The summed E-state index contributed by atoms with van der Waals surface area (Å²) in [6.45, 7) is 4.38. The molecule has 122 valence electrons. The second-order valence-corrected chi connectivity index (χ2v) is 7.75. The van der Waals surface area contributed by atoms with E-state index in [0.29, 0.717) is 18.7 Å². The lowest BCUT2D eigenvalue weighted by molar-refractivity contribution is -0.135. The molecule has 0 aromatic heterocycles. The van der Waals surface area contributed by atoms with E-state index in [4.69, 9.17) is 4.74 Å². The molecule has 1 aromatic carbocycles. The fraction of sp³-hybridized carbons (Fsp3) is 0.562. The van der Waals surface area contributed by atoms with Crippen molar-refractivity contribution in [1.29, 1.82) is 0 Å². The van der Waals surface area contributed by atoms with Crippen molar-refractivity contribution < 1.29 is 17.9 Å². The van der Waals surface area contributed by atoms with Crippen molar-refractivity contribution in [3.63, 3.8) is 0 Å². The van der Waals surface area contributed by atoms with Crippen molar-refractivity contribution in [1.82, 2.24) is 4.90 Å². The summed E-state index contributed by atoms with van der Waals surface area (Å²) in [6.07, 6.45) is 1.48. The molecule has 22 heavy (non-hydrogen) atoms. The summed E-state index contributed by atoms with van der Waals surface area (Å²) in [5.41, 5.74) is 1.21. The van der Waals surface area contributed by atoms with Gasteiger partial charge in [0.25, 0.3) is 5.91 Å². The molecule has 1 amide bonds. The van der Waals surface area contributed by atoms with Crippen LogP contribution in [-0.4, -0.2) is 49.9 Å². The number of sulfone groups is 1. The average molecular weight is 325 g/mol. The molecule has 5 nitrogen and oxygen atoms in total. The molecular weight excluding hydrogens is 302 g/mol. The molecule has 1 aliphatic rings. The number of hydrogen-bond donors (Lipinski definition) is 0. The molecule has 1 aromatic rings. The highest BCUT2D eigenvalue weighted by Crippen LogP contribution is 2.18. The van der Waals surface area contributed by atoms with E-state index in [1.54, 1.807) is 4.90 Å². The largest absolute Gasteiger partial charge is 0.484 e. The molecule has 0 radical (unpaired) electrons. The smallest absolute Gasteiger partial charge is 0.260 e. The minimum absolute atomic E-state index is 0.0597. The van der Waals surface area contributed by atoms with Crippen LogP contribution in [0.2, 0.25) is 0 Å². The van der Waals surface area contributed by atoms with Gasteiger partial charge in [0.2, 0.25) is 0 Å². The van der Waals surface area contributed by atoms with Gasteiger partial charge in [0, 0.05) is 12.6 Å². The van der Waals surface area contributed by atoms with Crippen LogP contribution in [0.3, 0.4) is 0 Å². The van der Waals surface area contributed by atoms with Gasteiger partial charge in [0.15, 0.2) is 16.4 Å². The zero-order chi connectivity index (χ0) is 16.2. The zero-order valence-corrected chi connectivity index (χ0v) is 13.9. The number of nitrogens with zero attached hydrogens (tertiary/aromatic N) is 1. The third-order valence-corrected chi connectivity index (χ3v) is 5.75. The van der Waals surface area contributed by atoms with Gasteiger partial charge in [0.05, 0.1) is 11.5 Å². The number of hydrogen-bond acceptors (Lipinski definition) is 4. The van der Waals surface area contributed by atoms with E-state index in [1.807, 2.05) is 31.2 Å². The van der Waals surface area contributed by atoms with Crippen LogP contribution in [0.15, 0.2) is 24.3 Å². The summed E-state index contributed by atoms with van der Waals surface area (Å²) in [4.78, 5) is 13.9. The second kappa shape index (κ2) is 7.13. The first-order valence-corrected chi connectivity index (χ1v) is 9.49. The third-order valence-electron chi connectivity index (χ3n) is 4.00. The van der Waals surface area contributed by atoms with E-state index in [0.717, 1.165) is 6.42 Å². The van der Waals surface area contributed by atoms with Gasteiger partial charge in [-0.1, -0.05) is 19.1 Å². The van der Waals surface area contributed by atoms with Gasteiger partial charge in [-0.25, -0.2) is 8.42 Å². The first-order chi connectivity index (χ1) is 10.4. The van der Waals surface area contributed by atoms with Crippen LogP contribution >= 0.6 is 0 Å². The molecule has 0 saturated carbocycles. The summed E-state index contributed by atoms with van der Waals surface area (Å²) in [7, 11) is -2.99. The van der Waals surface area contributed by atoms with Crippen molar-refractivity contribution in [3.05, 3.63) is 29.8 Å². The number of amides is 1. The molecule has 6 heteroatoms. The monoisotopic (exact) mass is 325 g/mol. The van der Waals surface area contributed by atoms with Crippen LogP contribution in [-0.2, 0) is 21.1 Å². The van der Waals surface area contributed by atoms with E-state index in [2.05, 4.69) is 6.92 Å². The zero-order valence-electron chi connectivity index (χ0n) is 13.1. The maximum atomic E-state index is 12.3. The number of aryl methyl sites for hydroxylation is 1. The SMILES string of the molecule is CCc1ccc(OCC(=O)N(CC)C2CCS(=O)(=O)C2)cc1. The number of carbonyl (C=O) groups excluding carboxylic acids is 1. The fourth-order valence-electron chi connectivity index (χ4n) is 2.71. The minimum atomic E-state index is -2.99. The highest BCUT2D eigenvalue weighted by Gasteiger charge is 2.33. The molecular formula is C16H23NO4S. The molecule has 2 rings (SSSR count). The lowest BCUT2D eigenvalue weighted by Crippen LogP contribution is -2.43. The lowest BCUT2D eigenvalue weighted by Gasteiger charge is -2.26. The fourth-order valence-corrected chi connectivity index (χ4v) is 4.44. The van der Waals surface area contributed by atoms with Crippen LogP contribution in [0.5, 0.6) is 5.75 Å². The van der Waals surface area contributed by atoms with Crippen LogP contribution in [0, 0.1) is 0 Å². The minimum Gasteiger partial charge on any atom is -0.484 e. The quantitative estimate of drug-likeness (QED) is 0.798.